The number of hydrogen-bond donors (Lipinski definition) is 4. The lowest BCUT2D eigenvalue weighted by Crippen LogP contribution is -2.35. The van der Waals surface area contributed by atoms with Gasteiger partial charge < -0.3 is 22.1 Å². The molecule has 0 aliphatic rings. The van der Waals surface area contributed by atoms with Gasteiger partial charge in [0.2, 0.25) is 0 Å². The van der Waals surface area contributed by atoms with E-state index in [0.29, 0.717) is 5.69 Å². The zero-order valence-corrected chi connectivity index (χ0v) is 15.0. The first-order chi connectivity index (χ1) is 12.8. The fourth-order valence-corrected chi connectivity index (χ4v) is 2.50. The van der Waals surface area contributed by atoms with Gasteiger partial charge in [0, 0.05) is 29.4 Å². The molecule has 0 fully saturated rings. The van der Waals surface area contributed by atoms with Gasteiger partial charge in [0.25, 0.3) is 5.91 Å². The number of amides is 1. The minimum atomic E-state index is -0.783. The van der Waals surface area contributed by atoms with Crippen LogP contribution in [0, 0.1) is 5.82 Å². The number of carbonyl (C=O) groups excluding carboxylic acids is 1. The molecule has 7 nitrogen and oxygen atoms in total. The zero-order valence-electron chi connectivity index (χ0n) is 15.0. The number of nitrogens with two attached hydrogens (primary N) is 2. The summed E-state index contributed by atoms with van der Waals surface area (Å²) in [4.78, 5) is 20.3. The van der Waals surface area contributed by atoms with E-state index in [1.165, 1.54) is 0 Å². The summed E-state index contributed by atoms with van der Waals surface area (Å²) in [6, 6.07) is 9.92. The molecule has 8 heteroatoms. The lowest BCUT2D eigenvalue weighted by atomic mass is 10.1. The van der Waals surface area contributed by atoms with Crippen molar-refractivity contribution in [3.63, 3.8) is 0 Å². The minimum Gasteiger partial charge on any atom is -0.365 e. The van der Waals surface area contributed by atoms with Crippen LogP contribution in [0.25, 0.3) is 10.9 Å². The molecule has 2 atom stereocenters. The fraction of sp³-hybridized carbons (Fsp3) is 0.211. The van der Waals surface area contributed by atoms with Gasteiger partial charge in [0.1, 0.15) is 5.82 Å². The van der Waals surface area contributed by atoms with E-state index in [4.69, 9.17) is 11.5 Å². The zero-order chi connectivity index (χ0) is 19.6. The van der Waals surface area contributed by atoms with Crippen molar-refractivity contribution in [2.24, 2.45) is 11.5 Å². The molecule has 2 heterocycles. The number of fused-ring (bicyclic) bond motifs is 1. The predicted octanol–water partition coefficient (Wildman–Crippen LogP) is 2.76. The largest absolute Gasteiger partial charge is 0.365 e. The van der Waals surface area contributed by atoms with Crippen LogP contribution >= 0.6 is 0 Å². The van der Waals surface area contributed by atoms with Gasteiger partial charge in [-0.25, -0.2) is 9.37 Å². The van der Waals surface area contributed by atoms with Gasteiger partial charge in [-0.2, -0.15) is 0 Å². The maximum Gasteiger partial charge on any atom is 0.252 e. The quantitative estimate of drug-likeness (QED) is 0.531. The first kappa shape index (κ1) is 18.5. The van der Waals surface area contributed by atoms with E-state index >= 15 is 0 Å². The summed E-state index contributed by atoms with van der Waals surface area (Å²) >= 11 is 0. The van der Waals surface area contributed by atoms with Crippen LogP contribution in [0.15, 0.2) is 42.6 Å². The van der Waals surface area contributed by atoms with Crippen LogP contribution in [-0.4, -0.2) is 28.0 Å². The smallest absolute Gasteiger partial charge is 0.252 e. The van der Waals surface area contributed by atoms with Gasteiger partial charge in [0.15, 0.2) is 11.6 Å². The van der Waals surface area contributed by atoms with E-state index in [2.05, 4.69) is 20.6 Å². The van der Waals surface area contributed by atoms with Crippen molar-refractivity contribution in [3.05, 3.63) is 54.0 Å². The van der Waals surface area contributed by atoms with Gasteiger partial charge >= 0.3 is 0 Å². The van der Waals surface area contributed by atoms with Crippen LogP contribution in [0.3, 0.4) is 0 Å². The molecule has 0 bridgehead atoms. The number of benzene rings is 1. The molecule has 6 N–H and O–H groups in total. The standard InChI is InChI=1S/C19H21FN6O/c1-10(21)11(2)24-19-15(20)9-14(17(22)27)18(26-19)25-13-6-5-12-4-3-7-23-16(12)8-13/h3-11H,21H2,1-2H3,(H2,22,27)(H2,24,25,26)/t10-,11?/m0/s1. The second-order valence-corrected chi connectivity index (χ2v) is 6.41. The van der Waals surface area contributed by atoms with E-state index in [0.717, 1.165) is 17.0 Å². The highest BCUT2D eigenvalue weighted by molar-refractivity contribution is 5.99. The van der Waals surface area contributed by atoms with Crippen LogP contribution in [0.4, 0.5) is 21.7 Å². The van der Waals surface area contributed by atoms with Gasteiger partial charge in [0.05, 0.1) is 11.1 Å². The van der Waals surface area contributed by atoms with E-state index in [-0.39, 0.29) is 29.3 Å². The lowest BCUT2D eigenvalue weighted by molar-refractivity contribution is 0.100. The number of nitrogens with one attached hydrogen (secondary N) is 2. The van der Waals surface area contributed by atoms with Crippen LogP contribution in [0.2, 0.25) is 0 Å². The van der Waals surface area contributed by atoms with Crippen molar-refractivity contribution in [2.45, 2.75) is 25.9 Å². The Labute approximate surface area is 156 Å². The molecule has 0 saturated heterocycles. The summed E-state index contributed by atoms with van der Waals surface area (Å²) < 4.78 is 14.3. The highest BCUT2D eigenvalue weighted by Gasteiger charge is 2.18. The SMILES string of the molecule is CC(Nc1nc(Nc2ccc3cccnc3c2)c(C(N)=O)cc1F)[C@H](C)N. The van der Waals surface area contributed by atoms with Crippen molar-refractivity contribution in [1.82, 2.24) is 9.97 Å². The highest BCUT2D eigenvalue weighted by Crippen LogP contribution is 2.26. The molecule has 2 aromatic heterocycles. The Kier molecular flexibility index (Phi) is 5.18. The Morgan fingerprint density at radius 1 is 1.19 bits per heavy atom. The van der Waals surface area contributed by atoms with Crippen molar-refractivity contribution in [1.29, 1.82) is 0 Å². The van der Waals surface area contributed by atoms with E-state index in [9.17, 15) is 9.18 Å². The number of anilines is 3. The average Bonchev–Trinajstić information content (AvgIpc) is 2.63. The molecule has 0 radical (unpaired) electrons. The number of nitrogens with zero attached hydrogens (tertiary/aromatic N) is 2. The Balaban J connectivity index is 1.99. The van der Waals surface area contributed by atoms with Gasteiger partial charge in [-0.3, -0.25) is 9.78 Å². The summed E-state index contributed by atoms with van der Waals surface area (Å²) in [7, 11) is 0. The first-order valence-electron chi connectivity index (χ1n) is 8.49. The molecule has 1 amide bonds. The predicted molar refractivity (Wildman–Crippen MR) is 104 cm³/mol. The van der Waals surface area contributed by atoms with E-state index in [1.807, 2.05) is 37.3 Å². The number of primary amides is 1. The number of hydrogen-bond acceptors (Lipinski definition) is 6. The lowest BCUT2D eigenvalue weighted by Gasteiger charge is -2.20. The average molecular weight is 368 g/mol. The van der Waals surface area contributed by atoms with Crippen LogP contribution in [0.5, 0.6) is 0 Å². The van der Waals surface area contributed by atoms with Crippen LogP contribution in [-0.2, 0) is 0 Å². The second-order valence-electron chi connectivity index (χ2n) is 6.41. The first-order valence-corrected chi connectivity index (χ1v) is 8.49. The Hall–Kier alpha value is -3.26. The Bertz CT molecular complexity index is 991. The molecule has 0 aliphatic carbocycles. The van der Waals surface area contributed by atoms with Crippen molar-refractivity contribution < 1.29 is 9.18 Å². The normalized spacial score (nSPS) is 13.2. The molecule has 3 aromatic rings. The molecule has 140 valence electrons. The summed E-state index contributed by atoms with van der Waals surface area (Å²) in [6.07, 6.45) is 1.69. The molecule has 27 heavy (non-hydrogen) atoms. The topological polar surface area (TPSA) is 119 Å². The summed E-state index contributed by atoms with van der Waals surface area (Å²) in [5.74, 6) is -1.32. The number of rotatable bonds is 6. The Morgan fingerprint density at radius 3 is 2.67 bits per heavy atom. The summed E-state index contributed by atoms with van der Waals surface area (Å²) in [5, 5.41) is 6.91. The third-order valence-electron chi connectivity index (χ3n) is 4.26. The molecule has 1 aromatic carbocycles. The molecule has 3 rings (SSSR count). The van der Waals surface area contributed by atoms with Crippen molar-refractivity contribution in [3.8, 4) is 0 Å². The third kappa shape index (κ3) is 4.12. The molecular weight excluding hydrogens is 347 g/mol. The number of pyridine rings is 2. The fourth-order valence-electron chi connectivity index (χ4n) is 2.50. The molecule has 0 spiro atoms. The van der Waals surface area contributed by atoms with E-state index < -0.39 is 11.7 Å². The minimum absolute atomic E-state index is 0.00814. The molecule has 1 unspecified atom stereocenters. The van der Waals surface area contributed by atoms with Crippen LogP contribution < -0.4 is 22.1 Å². The maximum atomic E-state index is 14.3. The van der Waals surface area contributed by atoms with Gasteiger partial charge in [-0.15, -0.1) is 0 Å². The highest BCUT2D eigenvalue weighted by atomic mass is 19.1. The number of carbonyl (C=O) groups is 1. The third-order valence-corrected chi connectivity index (χ3v) is 4.26. The van der Waals surface area contributed by atoms with E-state index in [1.54, 1.807) is 13.1 Å². The van der Waals surface area contributed by atoms with Crippen molar-refractivity contribution >= 4 is 34.1 Å². The second kappa shape index (κ2) is 7.55. The monoisotopic (exact) mass is 368 g/mol. The molecule has 0 aliphatic heterocycles. The Morgan fingerprint density at radius 2 is 1.96 bits per heavy atom. The molecular formula is C19H21FN6O. The number of halogens is 1. The summed E-state index contributed by atoms with van der Waals surface area (Å²) in [5.41, 5.74) is 12.6. The summed E-state index contributed by atoms with van der Waals surface area (Å²) in [6.45, 7) is 3.62. The molecule has 0 saturated carbocycles. The maximum absolute atomic E-state index is 14.3. The van der Waals surface area contributed by atoms with Crippen LogP contribution in [0.1, 0.15) is 24.2 Å². The van der Waals surface area contributed by atoms with Gasteiger partial charge in [-0.05, 0) is 38.1 Å². The van der Waals surface area contributed by atoms with Gasteiger partial charge in [-0.1, -0.05) is 12.1 Å². The number of aromatic nitrogens is 2. The van der Waals surface area contributed by atoms with Crippen molar-refractivity contribution in [2.75, 3.05) is 10.6 Å².